The van der Waals surface area contributed by atoms with Gasteiger partial charge in [0.2, 0.25) is 0 Å². The third-order valence-electron chi connectivity index (χ3n) is 2.51. The normalized spacial score (nSPS) is 10.8. The van der Waals surface area contributed by atoms with E-state index in [9.17, 15) is 0 Å². The van der Waals surface area contributed by atoms with Gasteiger partial charge in [0, 0.05) is 38.2 Å². The van der Waals surface area contributed by atoms with Gasteiger partial charge in [-0.3, -0.25) is 0 Å². The Kier molecular flexibility index (Phi) is 5.38. The van der Waals surface area contributed by atoms with E-state index in [2.05, 4.69) is 15.3 Å². The zero-order valence-electron chi connectivity index (χ0n) is 11.0. The van der Waals surface area contributed by atoms with Gasteiger partial charge >= 0.3 is 0 Å². The molecule has 0 fully saturated rings. The van der Waals surface area contributed by atoms with Crippen LogP contribution in [0, 0.1) is 6.92 Å². The van der Waals surface area contributed by atoms with Crippen LogP contribution in [0.1, 0.15) is 11.3 Å². The lowest BCUT2D eigenvalue weighted by molar-refractivity contribution is 0.199. The fourth-order valence-electron chi connectivity index (χ4n) is 1.47. The lowest BCUT2D eigenvalue weighted by atomic mass is 10.3. The number of aryl methyl sites for hydroxylation is 1. The molecule has 0 saturated heterocycles. The number of nitrogens with zero attached hydrogens (tertiary/aromatic N) is 2. The molecule has 0 radical (unpaired) electrons. The van der Waals surface area contributed by atoms with E-state index < -0.39 is 0 Å². The van der Waals surface area contributed by atoms with E-state index in [1.807, 2.05) is 25.4 Å². The van der Waals surface area contributed by atoms with Gasteiger partial charge in [0.05, 0.1) is 17.8 Å². The number of hydrogen-bond donors (Lipinski definition) is 1. The topological polar surface area (TPSA) is 60.2 Å². The Morgan fingerprint density at radius 3 is 2.79 bits per heavy atom. The van der Waals surface area contributed by atoms with E-state index >= 15 is 0 Å². The monoisotopic (exact) mass is 279 g/mol. The minimum Gasteiger partial charge on any atom is -0.468 e. The minimum atomic E-state index is 0.703. The fourth-order valence-corrected chi connectivity index (χ4v) is 2.19. The highest BCUT2D eigenvalue weighted by molar-refractivity contribution is 7.99. The maximum absolute atomic E-state index is 5.24. The first-order valence-corrected chi connectivity index (χ1v) is 6.84. The Morgan fingerprint density at radius 1 is 1.37 bits per heavy atom. The molecule has 0 atom stereocenters. The second-order valence-corrected chi connectivity index (χ2v) is 5.00. The molecule has 0 unspecified atom stereocenters. The summed E-state index contributed by atoms with van der Waals surface area (Å²) >= 11 is 1.51. The highest BCUT2D eigenvalue weighted by Crippen LogP contribution is 2.27. The molecule has 0 aliphatic rings. The Hall–Kier alpha value is -1.37. The van der Waals surface area contributed by atoms with Crippen molar-refractivity contribution in [3.63, 3.8) is 0 Å². The van der Waals surface area contributed by atoms with E-state index in [1.54, 1.807) is 13.4 Å². The third kappa shape index (κ3) is 4.34. The summed E-state index contributed by atoms with van der Waals surface area (Å²) in [6.45, 7) is 4.20. The highest BCUT2D eigenvalue weighted by atomic mass is 32.2. The van der Waals surface area contributed by atoms with Crippen molar-refractivity contribution in [2.45, 2.75) is 23.5 Å². The van der Waals surface area contributed by atoms with E-state index in [-0.39, 0.29) is 0 Å². The third-order valence-corrected chi connectivity index (χ3v) is 3.54. The lowest BCUT2D eigenvalue weighted by Crippen LogP contribution is -2.18. The quantitative estimate of drug-likeness (QED) is 0.619. The summed E-state index contributed by atoms with van der Waals surface area (Å²) in [5.41, 5.74) is 1.06. The van der Waals surface area contributed by atoms with Gasteiger partial charge in [-0.05, 0) is 24.8 Å². The summed E-state index contributed by atoms with van der Waals surface area (Å²) in [4.78, 5) is 9.71. The van der Waals surface area contributed by atoms with Crippen molar-refractivity contribution >= 4 is 11.8 Å². The molecule has 102 valence electrons. The summed E-state index contributed by atoms with van der Waals surface area (Å²) in [7, 11) is 1.69. The van der Waals surface area contributed by atoms with Crippen LogP contribution in [-0.2, 0) is 11.3 Å². The predicted molar refractivity (Wildman–Crippen MR) is 73.2 cm³/mol. The second kappa shape index (κ2) is 7.28. The van der Waals surface area contributed by atoms with Crippen LogP contribution in [0.4, 0.5) is 0 Å². The van der Waals surface area contributed by atoms with Crippen LogP contribution in [0.3, 0.4) is 0 Å². The van der Waals surface area contributed by atoms with Crippen LogP contribution in [0.15, 0.2) is 39.2 Å². The van der Waals surface area contributed by atoms with Crippen molar-refractivity contribution in [1.29, 1.82) is 0 Å². The molecule has 2 heterocycles. The minimum absolute atomic E-state index is 0.703. The van der Waals surface area contributed by atoms with Crippen LogP contribution in [0.2, 0.25) is 0 Å². The molecule has 0 aromatic carbocycles. The number of furan rings is 1. The average molecular weight is 279 g/mol. The standard InChI is InChI=1S/C13H17N3O2S/c1-10-12(3-5-18-10)19-13-15-8-11(9-16-13)7-14-4-6-17-2/h3,5,8-9,14H,4,6-7H2,1-2H3. The molecule has 19 heavy (non-hydrogen) atoms. The predicted octanol–water partition coefficient (Wildman–Crippen LogP) is 2.27. The number of rotatable bonds is 7. The number of ether oxygens (including phenoxy) is 1. The maximum atomic E-state index is 5.24. The summed E-state index contributed by atoms with van der Waals surface area (Å²) in [6, 6.07) is 1.92. The zero-order chi connectivity index (χ0) is 13.5. The Morgan fingerprint density at radius 2 is 2.16 bits per heavy atom. The maximum Gasteiger partial charge on any atom is 0.192 e. The lowest BCUT2D eigenvalue weighted by Gasteiger charge is -2.04. The molecule has 0 spiro atoms. The number of aromatic nitrogens is 2. The number of hydrogen-bond acceptors (Lipinski definition) is 6. The van der Waals surface area contributed by atoms with Crippen LogP contribution in [0.5, 0.6) is 0 Å². The molecule has 2 aromatic rings. The summed E-state index contributed by atoms with van der Waals surface area (Å²) in [5.74, 6) is 0.888. The molecule has 2 aromatic heterocycles. The summed E-state index contributed by atoms with van der Waals surface area (Å²) < 4.78 is 10.2. The van der Waals surface area contributed by atoms with Crippen LogP contribution in [-0.4, -0.2) is 30.2 Å². The SMILES string of the molecule is COCCNCc1cnc(Sc2ccoc2C)nc1. The van der Waals surface area contributed by atoms with Gasteiger partial charge in [-0.1, -0.05) is 0 Å². The zero-order valence-corrected chi connectivity index (χ0v) is 11.9. The summed E-state index contributed by atoms with van der Waals surface area (Å²) in [6.07, 6.45) is 5.35. The molecule has 0 saturated carbocycles. The fraction of sp³-hybridized carbons (Fsp3) is 0.385. The van der Waals surface area contributed by atoms with Crippen molar-refractivity contribution in [2.24, 2.45) is 0 Å². The summed E-state index contributed by atoms with van der Waals surface area (Å²) in [5, 5.41) is 3.98. The van der Waals surface area contributed by atoms with Crippen LogP contribution >= 0.6 is 11.8 Å². The highest BCUT2D eigenvalue weighted by Gasteiger charge is 2.05. The van der Waals surface area contributed by atoms with Gasteiger partial charge in [0.1, 0.15) is 5.76 Å². The van der Waals surface area contributed by atoms with Crippen molar-refractivity contribution in [1.82, 2.24) is 15.3 Å². The molecular weight excluding hydrogens is 262 g/mol. The molecular formula is C13H17N3O2S. The Balaban J connectivity index is 1.86. The molecule has 6 heteroatoms. The largest absolute Gasteiger partial charge is 0.468 e. The molecule has 0 amide bonds. The van der Waals surface area contributed by atoms with Crippen molar-refractivity contribution in [3.8, 4) is 0 Å². The molecule has 2 rings (SSSR count). The van der Waals surface area contributed by atoms with Gasteiger partial charge in [0.25, 0.3) is 0 Å². The van der Waals surface area contributed by atoms with Gasteiger partial charge in [-0.2, -0.15) is 0 Å². The van der Waals surface area contributed by atoms with Crippen LogP contribution < -0.4 is 5.32 Å². The van der Waals surface area contributed by atoms with E-state index in [1.165, 1.54) is 11.8 Å². The van der Waals surface area contributed by atoms with E-state index in [0.29, 0.717) is 6.61 Å². The molecule has 0 aliphatic heterocycles. The smallest absolute Gasteiger partial charge is 0.192 e. The first kappa shape index (κ1) is 14.0. The Bertz CT molecular complexity index is 499. The molecule has 0 bridgehead atoms. The average Bonchev–Trinajstić information content (AvgIpc) is 2.82. The van der Waals surface area contributed by atoms with Crippen molar-refractivity contribution < 1.29 is 9.15 Å². The Labute approximate surface area is 116 Å². The van der Waals surface area contributed by atoms with Gasteiger partial charge in [-0.15, -0.1) is 0 Å². The van der Waals surface area contributed by atoms with E-state index in [4.69, 9.17) is 9.15 Å². The first-order chi connectivity index (χ1) is 9.29. The number of nitrogens with one attached hydrogen (secondary N) is 1. The van der Waals surface area contributed by atoms with Crippen LogP contribution in [0.25, 0.3) is 0 Å². The molecule has 5 nitrogen and oxygen atoms in total. The van der Waals surface area contributed by atoms with Gasteiger partial charge in [-0.25, -0.2) is 9.97 Å². The van der Waals surface area contributed by atoms with Crippen molar-refractivity contribution in [2.75, 3.05) is 20.3 Å². The molecule has 1 N–H and O–H groups in total. The second-order valence-electron chi connectivity index (χ2n) is 3.99. The van der Waals surface area contributed by atoms with E-state index in [0.717, 1.165) is 34.5 Å². The number of methoxy groups -OCH3 is 1. The van der Waals surface area contributed by atoms with Crippen molar-refractivity contribution in [3.05, 3.63) is 36.0 Å². The first-order valence-electron chi connectivity index (χ1n) is 6.02. The molecule has 0 aliphatic carbocycles. The van der Waals surface area contributed by atoms with Gasteiger partial charge in [0.15, 0.2) is 5.16 Å². The van der Waals surface area contributed by atoms with Gasteiger partial charge < -0.3 is 14.5 Å².